The van der Waals surface area contributed by atoms with Crippen molar-refractivity contribution in [3.8, 4) is 6.07 Å². The number of hydrogen-bond donors (Lipinski definition) is 0. The van der Waals surface area contributed by atoms with E-state index in [0.717, 1.165) is 5.52 Å². The molecule has 3 nitrogen and oxygen atoms in total. The lowest BCUT2D eigenvalue weighted by molar-refractivity contribution is 0.0993. The average molecular weight is 439 g/mol. The summed E-state index contributed by atoms with van der Waals surface area (Å²) in [6.07, 6.45) is -0.183. The molecule has 0 N–H and O–H groups in total. The van der Waals surface area contributed by atoms with Gasteiger partial charge in [0.15, 0.2) is 5.78 Å². The van der Waals surface area contributed by atoms with Crippen LogP contribution in [0.25, 0.3) is 10.9 Å². The summed E-state index contributed by atoms with van der Waals surface area (Å²) in [7, 11) is 1.31. The van der Waals surface area contributed by atoms with Gasteiger partial charge in [-0.05, 0) is 34.1 Å². The molecule has 0 radical (unpaired) electrons. The largest absolute Gasteiger partial charge is 0.291 e. The minimum atomic E-state index is -0.377. The highest BCUT2D eigenvalue weighted by atomic mass is 127. The molecule has 0 fully saturated rings. The molecular formula is C11H5BrFIN2OS. The second-order valence-corrected chi connectivity index (χ2v) is 6.02. The molecule has 92 valence electrons. The molecule has 0 spiro atoms. The monoisotopic (exact) mass is 438 g/mol. The number of rotatable bonds is 3. The minimum absolute atomic E-state index is 0.183. The van der Waals surface area contributed by atoms with Gasteiger partial charge >= 0.3 is 0 Å². The van der Waals surface area contributed by atoms with Crippen LogP contribution in [0, 0.1) is 17.1 Å². The molecule has 0 unspecified atom stereocenters. The first-order valence-electron chi connectivity index (χ1n) is 4.78. The molecule has 7 heteroatoms. The van der Waals surface area contributed by atoms with Gasteiger partial charge in [-0.3, -0.25) is 8.77 Å². The van der Waals surface area contributed by atoms with E-state index >= 15 is 0 Å². The number of carbonyl (C=O) groups excluding carboxylic acids is 1. The smallest absolute Gasteiger partial charge is 0.194 e. The normalized spacial score (nSPS) is 10.6. The zero-order valence-electron chi connectivity index (χ0n) is 8.78. The molecule has 0 aliphatic heterocycles. The van der Waals surface area contributed by atoms with Crippen LogP contribution in [-0.4, -0.2) is 9.76 Å². The van der Waals surface area contributed by atoms with Gasteiger partial charge in [-0.1, -0.05) is 0 Å². The summed E-state index contributed by atoms with van der Waals surface area (Å²) in [5, 5.41) is 9.21. The van der Waals surface area contributed by atoms with E-state index in [9.17, 15) is 9.18 Å². The molecule has 0 amide bonds. The Morgan fingerprint density at radius 3 is 2.89 bits per heavy atom. The minimum Gasteiger partial charge on any atom is -0.291 e. The first-order valence-corrected chi connectivity index (χ1v) is 8.89. The maximum atomic E-state index is 13.4. The predicted molar refractivity (Wildman–Crippen MR) is 81.2 cm³/mol. The standard InChI is InChI=1S/C11H5BrFIN2OS/c12-7-5-9-6(3-8(7)13)4-10(16(9)18-14)11(17)1-2-15/h3-5H,1H2. The van der Waals surface area contributed by atoms with Crippen LogP contribution in [0.3, 0.4) is 0 Å². The van der Waals surface area contributed by atoms with Gasteiger partial charge in [0.25, 0.3) is 0 Å². The molecule has 0 aliphatic carbocycles. The number of halogens is 3. The van der Waals surface area contributed by atoms with Crippen LogP contribution in [0.4, 0.5) is 4.39 Å². The van der Waals surface area contributed by atoms with Crippen molar-refractivity contribution in [1.29, 1.82) is 5.26 Å². The van der Waals surface area contributed by atoms with Gasteiger partial charge in [-0.25, -0.2) is 4.39 Å². The molecule has 1 aromatic heterocycles. The molecule has 2 rings (SSSR count). The summed E-state index contributed by atoms with van der Waals surface area (Å²) >= 11 is 5.16. The first kappa shape index (κ1) is 13.8. The molecule has 1 aromatic carbocycles. The Morgan fingerprint density at radius 1 is 1.56 bits per heavy atom. The lowest BCUT2D eigenvalue weighted by atomic mass is 10.2. The van der Waals surface area contributed by atoms with Gasteiger partial charge in [0, 0.05) is 35.7 Å². The molecule has 1 heterocycles. The maximum Gasteiger partial charge on any atom is 0.194 e. The Bertz CT molecular complexity index is 680. The van der Waals surface area contributed by atoms with E-state index in [2.05, 4.69) is 15.9 Å². The third kappa shape index (κ3) is 2.41. The van der Waals surface area contributed by atoms with E-state index in [1.807, 2.05) is 27.3 Å². The number of carbonyl (C=O) groups is 1. The number of hydrogen-bond acceptors (Lipinski definition) is 3. The van der Waals surface area contributed by atoms with Crippen LogP contribution in [0.1, 0.15) is 16.9 Å². The van der Waals surface area contributed by atoms with E-state index in [1.54, 1.807) is 16.1 Å². The molecular weight excluding hydrogens is 434 g/mol. The topological polar surface area (TPSA) is 45.8 Å². The Labute approximate surface area is 127 Å². The van der Waals surface area contributed by atoms with Crippen LogP contribution in [0.2, 0.25) is 0 Å². The highest BCUT2D eigenvalue weighted by molar-refractivity contribution is 14.2. The molecule has 0 saturated carbocycles. The van der Waals surface area contributed by atoms with E-state index < -0.39 is 0 Å². The summed E-state index contributed by atoms with van der Waals surface area (Å²) in [5.41, 5.74) is 1.15. The highest BCUT2D eigenvalue weighted by Crippen LogP contribution is 2.32. The van der Waals surface area contributed by atoms with Gasteiger partial charge in [-0.2, -0.15) is 5.26 Å². The SMILES string of the molecule is N#CCC(=O)c1cc2cc(F)c(Br)cc2n1SI. The van der Waals surface area contributed by atoms with Crippen molar-refractivity contribution in [3.63, 3.8) is 0 Å². The van der Waals surface area contributed by atoms with Crippen LogP contribution < -0.4 is 0 Å². The quantitative estimate of drug-likeness (QED) is 0.524. The van der Waals surface area contributed by atoms with Crippen LogP contribution in [-0.2, 0) is 0 Å². The summed E-state index contributed by atoms with van der Waals surface area (Å²) < 4.78 is 15.5. The van der Waals surface area contributed by atoms with Crippen molar-refractivity contribution in [2.75, 3.05) is 0 Å². The van der Waals surface area contributed by atoms with Gasteiger partial charge < -0.3 is 0 Å². The van der Waals surface area contributed by atoms with Crippen molar-refractivity contribution in [2.45, 2.75) is 6.42 Å². The second kappa shape index (κ2) is 5.59. The first-order chi connectivity index (χ1) is 8.58. The fourth-order valence-corrected chi connectivity index (χ4v) is 3.68. The Morgan fingerprint density at radius 2 is 2.28 bits per heavy atom. The third-order valence-corrected chi connectivity index (χ3v) is 4.71. The Balaban J connectivity index is 2.69. The maximum absolute atomic E-state index is 13.4. The third-order valence-electron chi connectivity index (χ3n) is 2.39. The van der Waals surface area contributed by atoms with Gasteiger partial charge in [-0.15, -0.1) is 0 Å². The number of Topliss-reactive ketones (excluding diaryl/α,β-unsaturated/α-hetero) is 1. The van der Waals surface area contributed by atoms with E-state index in [-0.39, 0.29) is 18.0 Å². The van der Waals surface area contributed by atoms with Crippen LogP contribution in [0.5, 0.6) is 0 Å². The van der Waals surface area contributed by atoms with Crippen LogP contribution in [0.15, 0.2) is 22.7 Å². The summed E-state index contributed by atoms with van der Waals surface area (Å²) in [5.74, 6) is -0.646. The second-order valence-electron chi connectivity index (χ2n) is 3.48. The summed E-state index contributed by atoms with van der Waals surface area (Å²) in [6.45, 7) is 0. The molecule has 0 saturated heterocycles. The highest BCUT2D eigenvalue weighted by Gasteiger charge is 2.17. The number of ketones is 1. The van der Waals surface area contributed by atoms with Crippen molar-refractivity contribution in [2.24, 2.45) is 0 Å². The fourth-order valence-electron chi connectivity index (χ4n) is 1.61. The van der Waals surface area contributed by atoms with Crippen molar-refractivity contribution >= 4 is 62.9 Å². The lowest BCUT2D eigenvalue weighted by Gasteiger charge is -2.03. The summed E-state index contributed by atoms with van der Waals surface area (Å²) in [4.78, 5) is 11.8. The number of fused-ring (bicyclic) bond motifs is 1. The van der Waals surface area contributed by atoms with E-state index in [1.165, 1.54) is 15.2 Å². The summed E-state index contributed by atoms with van der Waals surface area (Å²) in [6, 6.07) is 6.43. The Kier molecular flexibility index (Phi) is 4.29. The predicted octanol–water partition coefficient (Wildman–Crippen LogP) is 4.49. The van der Waals surface area contributed by atoms with E-state index in [0.29, 0.717) is 15.6 Å². The van der Waals surface area contributed by atoms with Gasteiger partial charge in [0.2, 0.25) is 0 Å². The zero-order chi connectivity index (χ0) is 13.3. The fraction of sp³-hybridized carbons (Fsp3) is 0.0909. The number of aromatic nitrogens is 1. The molecule has 0 bridgehead atoms. The number of nitrogens with zero attached hydrogens (tertiary/aromatic N) is 2. The molecule has 2 aromatic rings. The van der Waals surface area contributed by atoms with Crippen molar-refractivity contribution in [3.05, 3.63) is 34.2 Å². The molecule has 18 heavy (non-hydrogen) atoms. The van der Waals surface area contributed by atoms with Gasteiger partial charge in [0.05, 0.1) is 21.8 Å². The zero-order valence-corrected chi connectivity index (χ0v) is 13.3. The lowest BCUT2D eigenvalue weighted by Crippen LogP contribution is -2.02. The number of nitriles is 1. The van der Waals surface area contributed by atoms with Gasteiger partial charge in [0.1, 0.15) is 12.2 Å². The molecule has 0 aliphatic rings. The average Bonchev–Trinajstić information content (AvgIpc) is 2.68. The van der Waals surface area contributed by atoms with Crippen molar-refractivity contribution in [1.82, 2.24) is 3.97 Å². The van der Waals surface area contributed by atoms with Crippen LogP contribution >= 0.6 is 46.3 Å². The molecule has 0 atom stereocenters. The number of benzene rings is 1. The Hall–Kier alpha value is -0.590. The van der Waals surface area contributed by atoms with E-state index in [4.69, 9.17) is 5.26 Å². The van der Waals surface area contributed by atoms with Crippen molar-refractivity contribution < 1.29 is 9.18 Å².